The van der Waals surface area contributed by atoms with Gasteiger partial charge in [0.25, 0.3) is 0 Å². The number of aryl methyl sites for hydroxylation is 3. The molecule has 0 bridgehead atoms. The van der Waals surface area contributed by atoms with Gasteiger partial charge in [0.15, 0.2) is 4.71 Å². The summed E-state index contributed by atoms with van der Waals surface area (Å²) in [5.74, 6) is 0.949. The van der Waals surface area contributed by atoms with Gasteiger partial charge in [-0.25, -0.2) is 4.79 Å². The number of hydrogen-bond donors (Lipinski definition) is 2. The molecule has 1 saturated heterocycles. The molecule has 10 nitrogen and oxygen atoms in total. The van der Waals surface area contributed by atoms with Crippen LogP contribution in [0.5, 0.6) is 11.6 Å². The van der Waals surface area contributed by atoms with Crippen molar-refractivity contribution in [1.29, 1.82) is 0 Å². The first kappa shape index (κ1) is 29.0. The molecule has 2 aromatic carbocycles. The normalized spacial score (nSPS) is 21.0. The van der Waals surface area contributed by atoms with Crippen LogP contribution in [0.3, 0.4) is 0 Å². The molecule has 0 aliphatic carbocycles. The Hall–Kier alpha value is -3.77. The summed E-state index contributed by atoms with van der Waals surface area (Å²) in [6.45, 7) is 4.27. The van der Waals surface area contributed by atoms with Crippen LogP contribution in [0.15, 0.2) is 51.8 Å². The Labute approximate surface area is 259 Å². The van der Waals surface area contributed by atoms with E-state index in [9.17, 15) is 15.0 Å². The Morgan fingerprint density at radius 2 is 1.89 bits per heavy atom. The van der Waals surface area contributed by atoms with E-state index >= 15 is 0 Å². The first-order valence-electron chi connectivity index (χ1n) is 15.1. The molecule has 4 aromatic rings. The van der Waals surface area contributed by atoms with Gasteiger partial charge in [-0.15, -0.1) is 0 Å². The lowest BCUT2D eigenvalue weighted by Crippen LogP contribution is -2.34. The van der Waals surface area contributed by atoms with E-state index < -0.39 is 24.1 Å². The van der Waals surface area contributed by atoms with E-state index in [0.717, 1.165) is 60.2 Å². The number of fused-ring (bicyclic) bond motifs is 2. The molecule has 230 valence electrons. The summed E-state index contributed by atoms with van der Waals surface area (Å²) < 4.78 is 25.6. The molecule has 3 aliphatic rings. The summed E-state index contributed by atoms with van der Waals surface area (Å²) >= 11 is 5.52. The average molecular weight is 618 g/mol. The second kappa shape index (κ2) is 12.0. The van der Waals surface area contributed by atoms with Crippen molar-refractivity contribution in [2.75, 3.05) is 24.6 Å². The van der Waals surface area contributed by atoms with E-state index in [0.29, 0.717) is 16.9 Å². The number of benzene rings is 2. The smallest absolute Gasteiger partial charge is 0.352 e. The van der Waals surface area contributed by atoms with Gasteiger partial charge in [0.2, 0.25) is 5.88 Å². The predicted molar refractivity (Wildman–Crippen MR) is 166 cm³/mol. The maximum atomic E-state index is 12.7. The predicted octanol–water partition coefficient (Wildman–Crippen LogP) is 4.52. The summed E-state index contributed by atoms with van der Waals surface area (Å²) in [6.07, 6.45) is 3.92. The van der Waals surface area contributed by atoms with Gasteiger partial charge in [-0.05, 0) is 80.2 Å². The van der Waals surface area contributed by atoms with Crippen LogP contribution in [0.2, 0.25) is 0 Å². The van der Waals surface area contributed by atoms with E-state index in [1.807, 2.05) is 30.3 Å². The van der Waals surface area contributed by atoms with Crippen LogP contribution in [0.4, 0.5) is 5.69 Å². The molecule has 3 aliphatic heterocycles. The Balaban J connectivity index is 1.02. The maximum Gasteiger partial charge on any atom is 0.352 e. The summed E-state index contributed by atoms with van der Waals surface area (Å²) in [5.41, 5.74) is 6.94. The van der Waals surface area contributed by atoms with E-state index in [4.69, 9.17) is 30.8 Å². The monoisotopic (exact) mass is 617 g/mol. The first-order valence-corrected chi connectivity index (χ1v) is 15.5. The first-order chi connectivity index (χ1) is 21.4. The van der Waals surface area contributed by atoms with Crippen molar-refractivity contribution in [3.05, 3.63) is 85.6 Å². The molecule has 2 aromatic heterocycles. The molecule has 0 saturated carbocycles. The Morgan fingerprint density at radius 3 is 2.66 bits per heavy atom. The van der Waals surface area contributed by atoms with Crippen LogP contribution in [-0.2, 0) is 30.8 Å². The number of nitrogens with zero attached hydrogens (tertiary/aromatic N) is 3. The minimum absolute atomic E-state index is 0.201. The molecular formula is C33H35N3O7S. The van der Waals surface area contributed by atoms with Crippen molar-refractivity contribution < 1.29 is 28.8 Å². The van der Waals surface area contributed by atoms with E-state index in [2.05, 4.69) is 16.0 Å². The third kappa shape index (κ3) is 5.49. The second-order valence-corrected chi connectivity index (χ2v) is 12.2. The molecule has 0 spiro atoms. The zero-order chi connectivity index (χ0) is 30.4. The standard InChI is InChI=1S/C33H35N3O7S/c1-19-15-36(28-14-26(38)27(16-37)42-28)33(39)34-32(19)41-17-20-6-8-23(9-7-20)40-18-22-13-29(44)43-31-24-5-3-11-35-10-2-4-21(30(24)35)12-25(22)31/h6-9,12-13,15,26-28,37-38H,2-5,10-11,14,16-18H2,1H3/t26-,27+,28+/m0/s1. The zero-order valence-electron chi connectivity index (χ0n) is 24.5. The molecule has 0 unspecified atom stereocenters. The largest absolute Gasteiger partial charge is 0.489 e. The van der Waals surface area contributed by atoms with Gasteiger partial charge in [-0.1, -0.05) is 12.1 Å². The van der Waals surface area contributed by atoms with Crippen LogP contribution in [0.25, 0.3) is 11.0 Å². The maximum absolute atomic E-state index is 12.7. The van der Waals surface area contributed by atoms with Crippen molar-refractivity contribution in [2.45, 2.75) is 70.7 Å². The highest BCUT2D eigenvalue weighted by Crippen LogP contribution is 2.41. The number of rotatable bonds is 8. The van der Waals surface area contributed by atoms with Gasteiger partial charge in [0.1, 0.15) is 36.9 Å². The number of hydrogen-bond acceptors (Lipinski definition) is 10. The highest BCUT2D eigenvalue weighted by Gasteiger charge is 2.35. The summed E-state index contributed by atoms with van der Waals surface area (Å²) in [5, 5.41) is 20.4. The topological polar surface area (TPSA) is 119 Å². The van der Waals surface area contributed by atoms with Crippen LogP contribution < -0.4 is 20.1 Å². The molecule has 3 atom stereocenters. The van der Waals surface area contributed by atoms with Gasteiger partial charge in [-0.2, -0.15) is 4.98 Å². The Bertz CT molecular complexity index is 1820. The highest BCUT2D eigenvalue weighted by molar-refractivity contribution is 7.71. The molecular weight excluding hydrogens is 582 g/mol. The summed E-state index contributed by atoms with van der Waals surface area (Å²) in [7, 11) is 0. The van der Waals surface area contributed by atoms with Crippen molar-refractivity contribution >= 4 is 28.9 Å². The Morgan fingerprint density at radius 1 is 1.09 bits per heavy atom. The third-order valence-corrected chi connectivity index (χ3v) is 8.99. The third-order valence-electron chi connectivity index (χ3n) is 8.79. The number of aliphatic hydroxyl groups is 2. The molecule has 1 fully saturated rings. The lowest BCUT2D eigenvalue weighted by Gasteiger charge is -2.37. The van der Waals surface area contributed by atoms with Crippen LogP contribution >= 0.6 is 12.2 Å². The van der Waals surface area contributed by atoms with Crippen molar-refractivity contribution in [1.82, 2.24) is 9.55 Å². The molecule has 5 heterocycles. The fourth-order valence-corrected chi connectivity index (χ4v) is 6.83. The number of aromatic nitrogens is 2. The fourth-order valence-electron chi connectivity index (χ4n) is 6.60. The van der Waals surface area contributed by atoms with Gasteiger partial charge >= 0.3 is 5.69 Å². The fraction of sp³-hybridized carbons (Fsp3) is 0.424. The molecule has 7 rings (SSSR count). The van der Waals surface area contributed by atoms with Gasteiger partial charge in [0.05, 0.1) is 12.7 Å². The molecule has 11 heteroatoms. The molecule has 0 amide bonds. The quantitative estimate of drug-likeness (QED) is 0.273. The lowest BCUT2D eigenvalue weighted by atomic mass is 9.89. The van der Waals surface area contributed by atoms with E-state index in [1.165, 1.54) is 27.8 Å². The summed E-state index contributed by atoms with van der Waals surface area (Å²) in [6, 6.07) is 11.8. The minimum atomic E-state index is -0.842. The molecule has 0 radical (unpaired) electrons. The van der Waals surface area contributed by atoms with Crippen LogP contribution in [0, 0.1) is 11.6 Å². The van der Waals surface area contributed by atoms with Gasteiger partial charge < -0.3 is 33.7 Å². The van der Waals surface area contributed by atoms with Crippen molar-refractivity contribution in [3.63, 3.8) is 0 Å². The second-order valence-electron chi connectivity index (χ2n) is 11.8. The van der Waals surface area contributed by atoms with Gasteiger partial charge in [0, 0.05) is 53.5 Å². The lowest BCUT2D eigenvalue weighted by molar-refractivity contribution is -0.0460. The number of aliphatic hydroxyl groups excluding tert-OH is 2. The summed E-state index contributed by atoms with van der Waals surface area (Å²) in [4.78, 5) is 19.3. The van der Waals surface area contributed by atoms with Crippen molar-refractivity contribution in [2.24, 2.45) is 0 Å². The SMILES string of the molecule is Cc1cn([C@H]2C[C@H](O)[C@@H](CO)O2)c(=O)nc1OCc1ccc(OCc2cc(=S)oc3c4c5c(cc23)CCCN5CCC4)cc1. The van der Waals surface area contributed by atoms with Crippen LogP contribution in [-0.4, -0.2) is 51.7 Å². The van der Waals surface area contributed by atoms with Crippen LogP contribution in [0.1, 0.15) is 53.3 Å². The molecule has 2 N–H and O–H groups in total. The molecule has 44 heavy (non-hydrogen) atoms. The zero-order valence-corrected chi connectivity index (χ0v) is 25.3. The van der Waals surface area contributed by atoms with Gasteiger partial charge in [-0.3, -0.25) is 4.57 Å². The van der Waals surface area contributed by atoms with E-state index in [1.54, 1.807) is 13.1 Å². The number of anilines is 1. The van der Waals surface area contributed by atoms with Crippen molar-refractivity contribution in [3.8, 4) is 11.6 Å². The number of ether oxygens (including phenoxy) is 3. The highest BCUT2D eigenvalue weighted by atomic mass is 32.1. The van der Waals surface area contributed by atoms with E-state index in [-0.39, 0.29) is 25.5 Å². The average Bonchev–Trinajstić information content (AvgIpc) is 3.41. The minimum Gasteiger partial charge on any atom is -0.489 e. The Kier molecular flexibility index (Phi) is 7.88.